The van der Waals surface area contributed by atoms with Crippen molar-refractivity contribution >= 4 is 17.5 Å². The van der Waals surface area contributed by atoms with Gasteiger partial charge in [-0.25, -0.2) is 13.9 Å². The molecule has 0 spiro atoms. The molecular weight excluding hydrogens is 347 g/mol. The molecule has 3 rings (SSSR count). The molecule has 1 atom stereocenters. The molecule has 1 aliphatic heterocycles. The van der Waals surface area contributed by atoms with Crippen LogP contribution in [0.15, 0.2) is 23.0 Å². The van der Waals surface area contributed by atoms with Crippen LogP contribution in [0.25, 0.3) is 0 Å². The summed E-state index contributed by atoms with van der Waals surface area (Å²) in [4.78, 5) is 24.9. The highest BCUT2D eigenvalue weighted by atomic mass is 35.5. The van der Waals surface area contributed by atoms with Crippen LogP contribution in [0, 0.1) is 5.82 Å². The van der Waals surface area contributed by atoms with Gasteiger partial charge in [-0.05, 0) is 31.4 Å². The Balaban J connectivity index is 1.93. The maximum atomic E-state index is 14.0. The molecule has 134 valence electrons. The van der Waals surface area contributed by atoms with Crippen LogP contribution in [0.3, 0.4) is 0 Å². The van der Waals surface area contributed by atoms with Crippen LogP contribution in [-0.2, 0) is 17.9 Å². The molecule has 25 heavy (non-hydrogen) atoms. The smallest absolute Gasteiger partial charge is 0.346 e. The van der Waals surface area contributed by atoms with E-state index >= 15 is 0 Å². The normalized spacial score (nSPS) is 16.5. The third kappa shape index (κ3) is 3.46. The predicted molar refractivity (Wildman–Crippen MR) is 92.3 cm³/mol. The maximum Gasteiger partial charge on any atom is 0.346 e. The Morgan fingerprint density at radius 3 is 3.00 bits per heavy atom. The summed E-state index contributed by atoms with van der Waals surface area (Å²) in [7, 11) is 0. The number of hydrogen-bond acceptors (Lipinski definition) is 3. The van der Waals surface area contributed by atoms with Crippen molar-refractivity contribution in [2.45, 2.75) is 45.2 Å². The number of halogens is 2. The number of carbonyl (C=O) groups excluding carboxylic acids is 1. The summed E-state index contributed by atoms with van der Waals surface area (Å²) in [5, 5.41) is 7.42. The van der Waals surface area contributed by atoms with Crippen LogP contribution in [-0.4, -0.2) is 26.8 Å². The summed E-state index contributed by atoms with van der Waals surface area (Å²) in [5.41, 5.74) is -0.129. The van der Waals surface area contributed by atoms with E-state index in [0.29, 0.717) is 25.3 Å². The third-order valence-corrected chi connectivity index (χ3v) is 4.73. The average molecular weight is 367 g/mol. The molecule has 1 aromatic carbocycles. The van der Waals surface area contributed by atoms with Crippen LogP contribution in [0.2, 0.25) is 5.02 Å². The zero-order chi connectivity index (χ0) is 18.0. The monoisotopic (exact) mass is 366 g/mol. The number of hydrogen-bond donors (Lipinski definition) is 1. The lowest BCUT2D eigenvalue weighted by Crippen LogP contribution is -2.35. The van der Waals surface area contributed by atoms with E-state index in [1.807, 2.05) is 6.92 Å². The summed E-state index contributed by atoms with van der Waals surface area (Å²) < 4.78 is 16.7. The first-order chi connectivity index (χ1) is 12.0. The number of rotatable bonds is 5. The Morgan fingerprint density at radius 1 is 1.48 bits per heavy atom. The highest BCUT2D eigenvalue weighted by Gasteiger charge is 2.31. The number of fused-ring (bicyclic) bond motifs is 1. The highest BCUT2D eigenvalue weighted by Crippen LogP contribution is 2.25. The summed E-state index contributed by atoms with van der Waals surface area (Å²) in [6.45, 7) is 3.01. The second-order valence-electron chi connectivity index (χ2n) is 6.14. The zero-order valence-electron chi connectivity index (χ0n) is 14.0. The second kappa shape index (κ2) is 7.39. The van der Waals surface area contributed by atoms with Crippen molar-refractivity contribution in [2.75, 3.05) is 6.54 Å². The fraction of sp³-hybridized carbons (Fsp3) is 0.471. The van der Waals surface area contributed by atoms with E-state index in [1.54, 1.807) is 6.07 Å². The summed E-state index contributed by atoms with van der Waals surface area (Å²) in [6.07, 6.45) is 2.21. The molecule has 0 bridgehead atoms. The first-order valence-corrected chi connectivity index (χ1v) is 8.78. The third-order valence-electron chi connectivity index (χ3n) is 4.37. The lowest BCUT2D eigenvalue weighted by molar-refractivity contribution is -0.123. The van der Waals surface area contributed by atoms with Crippen molar-refractivity contribution < 1.29 is 9.18 Å². The molecule has 0 radical (unpaired) electrons. The van der Waals surface area contributed by atoms with Gasteiger partial charge in [-0.3, -0.25) is 9.36 Å². The topological polar surface area (TPSA) is 68.9 Å². The minimum absolute atomic E-state index is 0.0619. The van der Waals surface area contributed by atoms with E-state index in [-0.39, 0.29) is 28.7 Å². The van der Waals surface area contributed by atoms with Crippen molar-refractivity contribution in [3.05, 3.63) is 50.9 Å². The summed E-state index contributed by atoms with van der Waals surface area (Å²) >= 11 is 6.04. The first-order valence-electron chi connectivity index (χ1n) is 8.41. The van der Waals surface area contributed by atoms with Gasteiger partial charge < -0.3 is 5.32 Å². The predicted octanol–water partition coefficient (Wildman–Crippen LogP) is 2.29. The molecule has 2 aromatic rings. The average Bonchev–Trinajstić information content (AvgIpc) is 2.92. The van der Waals surface area contributed by atoms with Crippen LogP contribution < -0.4 is 11.0 Å². The molecule has 2 heterocycles. The van der Waals surface area contributed by atoms with E-state index in [4.69, 9.17) is 11.6 Å². The number of nitrogens with zero attached hydrogens (tertiary/aromatic N) is 3. The van der Waals surface area contributed by atoms with E-state index in [9.17, 15) is 14.0 Å². The standard InChI is InChI=1S/C17H20ClFN4O2/c1-2-8-20-16(24)11-5-4-9-22-15(11)21-23(17(22)25)10-12-13(18)6-3-7-14(12)19/h3,6-7,11H,2,4-5,8-10H2,1H3,(H,20,24). The van der Waals surface area contributed by atoms with Gasteiger partial charge in [-0.15, -0.1) is 0 Å². The van der Waals surface area contributed by atoms with Gasteiger partial charge in [0.1, 0.15) is 11.6 Å². The molecule has 0 saturated heterocycles. The molecule has 0 fully saturated rings. The van der Waals surface area contributed by atoms with Gasteiger partial charge in [-0.2, -0.15) is 5.10 Å². The largest absolute Gasteiger partial charge is 0.355 e. The van der Waals surface area contributed by atoms with Crippen LogP contribution in [0.5, 0.6) is 0 Å². The van der Waals surface area contributed by atoms with Crippen molar-refractivity contribution in [3.63, 3.8) is 0 Å². The van der Waals surface area contributed by atoms with Gasteiger partial charge in [0.2, 0.25) is 5.91 Å². The van der Waals surface area contributed by atoms with E-state index in [0.717, 1.165) is 12.8 Å². The van der Waals surface area contributed by atoms with Crippen LogP contribution in [0.4, 0.5) is 4.39 Å². The van der Waals surface area contributed by atoms with Crippen molar-refractivity contribution in [1.82, 2.24) is 19.7 Å². The van der Waals surface area contributed by atoms with E-state index in [2.05, 4.69) is 10.4 Å². The molecular formula is C17H20ClFN4O2. The Kier molecular flexibility index (Phi) is 5.22. The molecule has 1 aromatic heterocycles. The van der Waals surface area contributed by atoms with Gasteiger partial charge in [0.15, 0.2) is 0 Å². The quantitative estimate of drug-likeness (QED) is 0.882. The Hall–Kier alpha value is -2.15. The number of aromatic nitrogens is 3. The van der Waals surface area contributed by atoms with Gasteiger partial charge in [0.25, 0.3) is 0 Å². The fourth-order valence-corrected chi connectivity index (χ4v) is 3.29. The lowest BCUT2D eigenvalue weighted by Gasteiger charge is -2.21. The Labute approximate surface area is 149 Å². The zero-order valence-corrected chi connectivity index (χ0v) is 14.7. The van der Waals surface area contributed by atoms with Crippen molar-refractivity contribution in [1.29, 1.82) is 0 Å². The maximum absolute atomic E-state index is 14.0. The van der Waals surface area contributed by atoms with Gasteiger partial charge in [0.05, 0.1) is 12.5 Å². The van der Waals surface area contributed by atoms with Crippen molar-refractivity contribution in [2.24, 2.45) is 0 Å². The molecule has 0 saturated carbocycles. The van der Waals surface area contributed by atoms with Crippen LogP contribution in [0.1, 0.15) is 43.5 Å². The van der Waals surface area contributed by atoms with Gasteiger partial charge in [-0.1, -0.05) is 24.6 Å². The molecule has 0 aliphatic carbocycles. The second-order valence-corrected chi connectivity index (χ2v) is 6.54. The van der Waals surface area contributed by atoms with Gasteiger partial charge in [0, 0.05) is 23.7 Å². The summed E-state index contributed by atoms with van der Waals surface area (Å²) in [5.74, 6) is -0.617. The van der Waals surface area contributed by atoms with E-state index < -0.39 is 11.7 Å². The van der Waals surface area contributed by atoms with Gasteiger partial charge >= 0.3 is 5.69 Å². The SMILES string of the molecule is CCCNC(=O)C1CCCn2c1nn(Cc1c(F)cccc1Cl)c2=O. The molecule has 1 amide bonds. The minimum atomic E-state index is -0.484. The highest BCUT2D eigenvalue weighted by molar-refractivity contribution is 6.31. The first kappa shape index (κ1) is 17.7. The van der Waals surface area contributed by atoms with Crippen molar-refractivity contribution in [3.8, 4) is 0 Å². The molecule has 8 heteroatoms. The number of benzene rings is 1. The fourth-order valence-electron chi connectivity index (χ4n) is 3.06. The Bertz CT molecular complexity index is 825. The number of amides is 1. The Morgan fingerprint density at radius 2 is 2.28 bits per heavy atom. The van der Waals surface area contributed by atoms with Crippen LogP contribution >= 0.6 is 11.6 Å². The number of carbonyl (C=O) groups is 1. The minimum Gasteiger partial charge on any atom is -0.355 e. The lowest BCUT2D eigenvalue weighted by atomic mass is 9.98. The van der Waals surface area contributed by atoms with E-state index in [1.165, 1.54) is 21.4 Å². The molecule has 1 unspecified atom stereocenters. The molecule has 1 aliphatic rings. The molecule has 1 N–H and O–H groups in total. The molecule has 6 nitrogen and oxygen atoms in total. The number of nitrogens with one attached hydrogen (secondary N) is 1. The summed E-state index contributed by atoms with van der Waals surface area (Å²) in [6, 6.07) is 4.38.